The molecule has 0 aliphatic carbocycles. The topological polar surface area (TPSA) is 29.5 Å². The fourth-order valence-corrected chi connectivity index (χ4v) is 1.86. The first-order valence-corrected chi connectivity index (χ1v) is 4.65. The lowest BCUT2D eigenvalue weighted by molar-refractivity contribution is 0.0600. The second-order valence-electron chi connectivity index (χ2n) is 3.25. The van der Waals surface area contributed by atoms with Crippen molar-refractivity contribution in [2.75, 3.05) is 7.11 Å². The molecule has 0 fully saturated rings. The number of esters is 1. The number of rotatable bonds is 1. The molecule has 0 amide bonds. The van der Waals surface area contributed by atoms with Crippen LogP contribution in [0.2, 0.25) is 0 Å². The predicted molar refractivity (Wildman–Crippen MR) is 52.9 cm³/mol. The Bertz CT molecular complexity index is 378. The molecule has 1 aromatic rings. The van der Waals surface area contributed by atoms with Gasteiger partial charge >= 0.3 is 5.97 Å². The normalized spacial score (nSPS) is 15.3. The van der Waals surface area contributed by atoms with Gasteiger partial charge in [0, 0.05) is 13.1 Å². The molecule has 1 aliphatic heterocycles. The smallest absolute Gasteiger partial charge is 0.337 e. The zero-order chi connectivity index (χ0) is 10.1. The maximum Gasteiger partial charge on any atom is 0.337 e. The van der Waals surface area contributed by atoms with Crippen molar-refractivity contribution in [1.82, 2.24) is 4.42 Å². The van der Waals surface area contributed by atoms with Crippen molar-refractivity contribution < 1.29 is 9.53 Å². The van der Waals surface area contributed by atoms with Gasteiger partial charge in [-0.05, 0) is 35.0 Å². The maximum absolute atomic E-state index is 11.2. The van der Waals surface area contributed by atoms with E-state index in [1.54, 1.807) is 10.5 Å². The highest BCUT2D eigenvalue weighted by Gasteiger charge is 2.18. The number of hydrogen-bond donors (Lipinski definition) is 0. The third kappa shape index (κ3) is 1.61. The van der Waals surface area contributed by atoms with Crippen molar-refractivity contribution in [3.63, 3.8) is 0 Å². The highest BCUT2D eigenvalue weighted by atomic mass is 35.5. The molecule has 0 aromatic heterocycles. The molecule has 0 N–H and O–H groups in total. The van der Waals surface area contributed by atoms with E-state index in [2.05, 4.69) is 4.74 Å². The molecule has 0 saturated heterocycles. The van der Waals surface area contributed by atoms with Crippen LogP contribution in [0.15, 0.2) is 18.2 Å². The highest BCUT2D eigenvalue weighted by molar-refractivity contribution is 6.13. The lowest BCUT2D eigenvalue weighted by Gasteiger charge is -2.01. The molecular formula is C10H10ClNO2. The molecule has 0 unspecified atom stereocenters. The molecule has 0 radical (unpaired) electrons. The summed E-state index contributed by atoms with van der Waals surface area (Å²) in [7, 11) is 1.38. The average molecular weight is 212 g/mol. The van der Waals surface area contributed by atoms with Crippen molar-refractivity contribution in [3.8, 4) is 0 Å². The van der Waals surface area contributed by atoms with E-state index in [4.69, 9.17) is 11.8 Å². The van der Waals surface area contributed by atoms with Gasteiger partial charge in [0.25, 0.3) is 0 Å². The second kappa shape index (κ2) is 3.59. The van der Waals surface area contributed by atoms with Crippen molar-refractivity contribution in [2.45, 2.75) is 13.1 Å². The second-order valence-corrected chi connectivity index (χ2v) is 3.73. The third-order valence-corrected chi connectivity index (χ3v) is 2.55. The van der Waals surface area contributed by atoms with Crippen LogP contribution < -0.4 is 0 Å². The lowest BCUT2D eigenvalue weighted by Crippen LogP contribution is -2.02. The van der Waals surface area contributed by atoms with Crippen LogP contribution >= 0.6 is 11.8 Å². The van der Waals surface area contributed by atoms with Gasteiger partial charge < -0.3 is 4.74 Å². The highest BCUT2D eigenvalue weighted by Crippen LogP contribution is 2.25. The number of benzene rings is 1. The van der Waals surface area contributed by atoms with E-state index in [0.717, 1.165) is 12.1 Å². The Morgan fingerprint density at radius 1 is 1.43 bits per heavy atom. The SMILES string of the molecule is COC(=O)c1ccc2c(c1)CN(Cl)C2. The zero-order valence-electron chi connectivity index (χ0n) is 7.79. The van der Waals surface area contributed by atoms with Gasteiger partial charge in [0.1, 0.15) is 0 Å². The van der Waals surface area contributed by atoms with Gasteiger partial charge in [-0.25, -0.2) is 9.21 Å². The van der Waals surface area contributed by atoms with Gasteiger partial charge in [-0.2, -0.15) is 0 Å². The minimum absolute atomic E-state index is 0.305. The molecule has 4 heteroatoms. The summed E-state index contributed by atoms with van der Waals surface area (Å²) in [5.74, 6) is -0.305. The van der Waals surface area contributed by atoms with E-state index in [-0.39, 0.29) is 5.97 Å². The van der Waals surface area contributed by atoms with Gasteiger partial charge in [0.05, 0.1) is 12.7 Å². The molecular weight excluding hydrogens is 202 g/mol. The van der Waals surface area contributed by atoms with Crippen LogP contribution in [0.1, 0.15) is 21.5 Å². The van der Waals surface area contributed by atoms with Gasteiger partial charge in [-0.1, -0.05) is 6.07 Å². The summed E-state index contributed by atoms with van der Waals surface area (Å²) < 4.78 is 6.32. The quantitative estimate of drug-likeness (QED) is 0.525. The molecule has 0 atom stereocenters. The molecule has 3 nitrogen and oxygen atoms in total. The van der Waals surface area contributed by atoms with E-state index in [9.17, 15) is 4.79 Å². The molecule has 1 aromatic carbocycles. The number of ether oxygens (including phenoxy) is 1. The number of carbonyl (C=O) groups is 1. The van der Waals surface area contributed by atoms with E-state index in [0.29, 0.717) is 12.1 Å². The summed E-state index contributed by atoms with van der Waals surface area (Å²) in [6.07, 6.45) is 0. The minimum atomic E-state index is -0.305. The van der Waals surface area contributed by atoms with Crippen LogP contribution in [0, 0.1) is 0 Å². The molecule has 2 rings (SSSR count). The van der Waals surface area contributed by atoms with Gasteiger partial charge in [-0.3, -0.25) is 0 Å². The van der Waals surface area contributed by atoms with Crippen LogP contribution in [-0.2, 0) is 17.8 Å². The molecule has 0 saturated carbocycles. The van der Waals surface area contributed by atoms with Crippen molar-refractivity contribution in [3.05, 3.63) is 34.9 Å². The van der Waals surface area contributed by atoms with Gasteiger partial charge in [0.2, 0.25) is 0 Å². The van der Waals surface area contributed by atoms with E-state index in [1.165, 1.54) is 12.7 Å². The minimum Gasteiger partial charge on any atom is -0.465 e. The lowest BCUT2D eigenvalue weighted by atomic mass is 10.1. The largest absolute Gasteiger partial charge is 0.465 e. The number of nitrogens with zero attached hydrogens (tertiary/aromatic N) is 1. The van der Waals surface area contributed by atoms with Gasteiger partial charge in [-0.15, -0.1) is 0 Å². The Morgan fingerprint density at radius 3 is 2.86 bits per heavy atom. The third-order valence-electron chi connectivity index (χ3n) is 2.31. The maximum atomic E-state index is 11.2. The molecule has 1 heterocycles. The summed E-state index contributed by atoms with van der Waals surface area (Å²) in [5, 5.41) is 0. The Labute approximate surface area is 87.3 Å². The van der Waals surface area contributed by atoms with Crippen molar-refractivity contribution in [2.24, 2.45) is 0 Å². The number of halogens is 1. The summed E-state index contributed by atoms with van der Waals surface area (Å²) in [4.78, 5) is 11.2. The number of methoxy groups -OCH3 is 1. The Morgan fingerprint density at radius 2 is 2.14 bits per heavy atom. The molecule has 0 bridgehead atoms. The molecule has 14 heavy (non-hydrogen) atoms. The summed E-state index contributed by atoms with van der Waals surface area (Å²) in [5.41, 5.74) is 2.86. The van der Waals surface area contributed by atoms with E-state index < -0.39 is 0 Å². The first-order chi connectivity index (χ1) is 6.70. The zero-order valence-corrected chi connectivity index (χ0v) is 8.54. The Hall–Kier alpha value is -1.06. The van der Waals surface area contributed by atoms with Crippen LogP contribution in [0.5, 0.6) is 0 Å². The van der Waals surface area contributed by atoms with E-state index >= 15 is 0 Å². The predicted octanol–water partition coefficient (Wildman–Crippen LogP) is 1.94. The monoisotopic (exact) mass is 211 g/mol. The summed E-state index contributed by atoms with van der Waals surface area (Å²) in [6.45, 7) is 1.42. The van der Waals surface area contributed by atoms with Crippen molar-refractivity contribution >= 4 is 17.7 Å². The van der Waals surface area contributed by atoms with Crippen LogP contribution in [0.25, 0.3) is 0 Å². The average Bonchev–Trinajstić information content (AvgIpc) is 2.55. The van der Waals surface area contributed by atoms with Gasteiger partial charge in [0.15, 0.2) is 0 Å². The molecule has 74 valence electrons. The fourth-order valence-electron chi connectivity index (χ4n) is 1.60. The van der Waals surface area contributed by atoms with E-state index in [1.807, 2.05) is 12.1 Å². The number of fused-ring (bicyclic) bond motifs is 1. The van der Waals surface area contributed by atoms with Crippen LogP contribution in [-0.4, -0.2) is 17.5 Å². The Kier molecular flexibility index (Phi) is 2.44. The van der Waals surface area contributed by atoms with Crippen LogP contribution in [0.4, 0.5) is 0 Å². The summed E-state index contributed by atoms with van der Waals surface area (Å²) in [6, 6.07) is 5.52. The molecule has 0 spiro atoms. The first kappa shape index (κ1) is 9.49. The number of hydrogen-bond acceptors (Lipinski definition) is 3. The summed E-state index contributed by atoms with van der Waals surface area (Å²) >= 11 is 5.86. The fraction of sp³-hybridized carbons (Fsp3) is 0.300. The van der Waals surface area contributed by atoms with Crippen LogP contribution in [0.3, 0.4) is 0 Å². The standard InChI is InChI=1S/C10H10ClNO2/c1-14-10(13)7-2-3-8-5-12(11)6-9(8)4-7/h2-4H,5-6H2,1H3. The Balaban J connectivity index is 2.33. The first-order valence-electron chi connectivity index (χ1n) is 4.31. The molecule has 1 aliphatic rings. The van der Waals surface area contributed by atoms with Crippen molar-refractivity contribution in [1.29, 1.82) is 0 Å². The number of carbonyl (C=O) groups excluding carboxylic acids is 1.